The highest BCUT2D eigenvalue weighted by Crippen LogP contribution is 2.53. The lowest BCUT2D eigenvalue weighted by atomic mass is 9.74. The van der Waals surface area contributed by atoms with Crippen LogP contribution in [0.4, 0.5) is 0 Å². The fourth-order valence-corrected chi connectivity index (χ4v) is 6.01. The minimum absolute atomic E-state index is 0.0251. The highest BCUT2D eigenvalue weighted by molar-refractivity contribution is 6.18. The van der Waals surface area contributed by atoms with Crippen LogP contribution in [0.15, 0.2) is 59.1 Å². The molecule has 2 heteroatoms. The van der Waals surface area contributed by atoms with Crippen LogP contribution in [0.25, 0.3) is 44.0 Å². The fourth-order valence-electron chi connectivity index (χ4n) is 6.01. The van der Waals surface area contributed by atoms with Crippen molar-refractivity contribution in [1.82, 2.24) is 4.98 Å². The second-order valence-corrected chi connectivity index (χ2v) is 12.5. The number of aromatic nitrogens is 1. The Bertz CT molecular complexity index is 1630. The third kappa shape index (κ3) is 2.72. The van der Waals surface area contributed by atoms with Crippen molar-refractivity contribution in [1.29, 1.82) is 0 Å². The summed E-state index contributed by atoms with van der Waals surface area (Å²) >= 11 is 0. The average Bonchev–Trinajstić information content (AvgIpc) is 3.11. The number of fused-ring (bicyclic) bond motifs is 4. The van der Waals surface area contributed by atoms with Crippen LogP contribution in [0, 0.1) is 0 Å². The van der Waals surface area contributed by atoms with Gasteiger partial charge in [0.05, 0.1) is 5.69 Å². The van der Waals surface area contributed by atoms with E-state index in [0.29, 0.717) is 0 Å². The van der Waals surface area contributed by atoms with Crippen LogP contribution in [-0.4, -0.2) is 4.98 Å². The Morgan fingerprint density at radius 2 is 1.35 bits per heavy atom. The van der Waals surface area contributed by atoms with E-state index < -0.39 is 0 Å². The van der Waals surface area contributed by atoms with Gasteiger partial charge in [0.15, 0.2) is 0 Å². The monoisotopic (exact) mass is 447 g/mol. The predicted molar refractivity (Wildman–Crippen MR) is 144 cm³/mol. The molecule has 0 N–H and O–H groups in total. The normalized spacial score (nSPS) is 15.3. The molecule has 0 saturated carbocycles. The molecule has 172 valence electrons. The van der Waals surface area contributed by atoms with Crippen LogP contribution in [-0.2, 0) is 16.2 Å². The van der Waals surface area contributed by atoms with Gasteiger partial charge in [0, 0.05) is 44.5 Å². The van der Waals surface area contributed by atoms with E-state index in [0.717, 1.165) is 16.9 Å². The lowest BCUT2D eigenvalue weighted by Crippen LogP contribution is -2.21. The molecule has 6 rings (SSSR count). The van der Waals surface area contributed by atoms with E-state index in [-0.39, 0.29) is 16.2 Å². The van der Waals surface area contributed by atoms with E-state index in [1.165, 1.54) is 49.4 Å². The molecule has 0 amide bonds. The molecule has 0 saturated heterocycles. The zero-order valence-corrected chi connectivity index (χ0v) is 21.6. The molecule has 2 nitrogen and oxygen atoms in total. The molecule has 0 atom stereocenters. The third-order valence-corrected chi connectivity index (χ3v) is 7.74. The minimum atomic E-state index is -0.240. The maximum absolute atomic E-state index is 6.89. The SMILES string of the molecule is CC(C)(C)c1ccc2c3c1oc1c(C(C)(C)C)ccc(c13)C(C)(C)c1c-2ncc2ccccc12. The number of nitrogens with zero attached hydrogens (tertiary/aromatic N) is 1. The first-order valence-corrected chi connectivity index (χ1v) is 12.3. The molecule has 5 aromatic rings. The molecule has 0 radical (unpaired) electrons. The summed E-state index contributed by atoms with van der Waals surface area (Å²) in [6.07, 6.45) is 2.03. The van der Waals surface area contributed by atoms with Crippen molar-refractivity contribution in [3.05, 3.63) is 77.0 Å². The first-order chi connectivity index (χ1) is 15.9. The van der Waals surface area contributed by atoms with Crippen molar-refractivity contribution in [3.8, 4) is 11.3 Å². The largest absolute Gasteiger partial charge is 0.455 e. The van der Waals surface area contributed by atoms with E-state index in [4.69, 9.17) is 9.40 Å². The number of rotatable bonds is 0. The molecule has 34 heavy (non-hydrogen) atoms. The quantitative estimate of drug-likeness (QED) is 0.237. The van der Waals surface area contributed by atoms with Crippen LogP contribution in [0.2, 0.25) is 0 Å². The molecule has 0 fully saturated rings. The second kappa shape index (κ2) is 6.50. The summed E-state index contributed by atoms with van der Waals surface area (Å²) in [7, 11) is 0. The molecule has 0 unspecified atom stereocenters. The number of pyridine rings is 1. The van der Waals surface area contributed by atoms with Crippen molar-refractivity contribution in [2.75, 3.05) is 0 Å². The third-order valence-electron chi connectivity index (χ3n) is 7.74. The van der Waals surface area contributed by atoms with Crippen molar-refractivity contribution in [2.45, 2.75) is 71.6 Å². The van der Waals surface area contributed by atoms with Crippen LogP contribution >= 0.6 is 0 Å². The number of furan rings is 1. The number of benzene rings is 3. The van der Waals surface area contributed by atoms with Crippen molar-refractivity contribution >= 4 is 32.7 Å². The van der Waals surface area contributed by atoms with Gasteiger partial charge in [-0.25, -0.2) is 0 Å². The Morgan fingerprint density at radius 1 is 0.735 bits per heavy atom. The molecule has 0 spiro atoms. The summed E-state index contributed by atoms with van der Waals surface area (Å²) in [6, 6.07) is 17.8. The first-order valence-electron chi connectivity index (χ1n) is 12.3. The van der Waals surface area contributed by atoms with Gasteiger partial charge in [0.1, 0.15) is 11.2 Å². The molecule has 0 bridgehead atoms. The van der Waals surface area contributed by atoms with Gasteiger partial charge in [-0.2, -0.15) is 0 Å². The van der Waals surface area contributed by atoms with E-state index in [1.807, 2.05) is 6.20 Å². The first kappa shape index (κ1) is 21.4. The highest BCUT2D eigenvalue weighted by Gasteiger charge is 2.38. The molecule has 2 aromatic heterocycles. The average molecular weight is 448 g/mol. The Morgan fingerprint density at radius 3 is 2.03 bits per heavy atom. The van der Waals surface area contributed by atoms with E-state index in [1.54, 1.807) is 0 Å². The Labute approximate surface area is 202 Å². The van der Waals surface area contributed by atoms with Crippen molar-refractivity contribution < 1.29 is 4.42 Å². The maximum atomic E-state index is 6.89. The van der Waals surface area contributed by atoms with Gasteiger partial charge < -0.3 is 4.42 Å². The van der Waals surface area contributed by atoms with Crippen LogP contribution in [0.1, 0.15) is 77.6 Å². The van der Waals surface area contributed by atoms with Crippen molar-refractivity contribution in [2.24, 2.45) is 0 Å². The summed E-state index contributed by atoms with van der Waals surface area (Å²) in [4.78, 5) is 5.10. The lowest BCUT2D eigenvalue weighted by Gasteiger charge is -2.30. The minimum Gasteiger partial charge on any atom is -0.455 e. The predicted octanol–water partition coefficient (Wildman–Crippen LogP) is 9.04. The zero-order chi connectivity index (χ0) is 24.2. The number of hydrogen-bond acceptors (Lipinski definition) is 2. The second-order valence-electron chi connectivity index (χ2n) is 12.5. The molecule has 1 aliphatic rings. The van der Waals surface area contributed by atoms with E-state index in [2.05, 4.69) is 104 Å². The lowest BCUT2D eigenvalue weighted by molar-refractivity contribution is 0.555. The molecular weight excluding hydrogens is 414 g/mol. The smallest absolute Gasteiger partial charge is 0.139 e. The van der Waals surface area contributed by atoms with Gasteiger partial charge in [-0.1, -0.05) is 104 Å². The Balaban J connectivity index is 1.92. The topological polar surface area (TPSA) is 26.0 Å². The van der Waals surface area contributed by atoms with Gasteiger partial charge in [-0.15, -0.1) is 0 Å². The molecule has 2 heterocycles. The summed E-state index contributed by atoms with van der Waals surface area (Å²) in [5.41, 5.74) is 9.12. The summed E-state index contributed by atoms with van der Waals surface area (Å²) < 4.78 is 6.89. The van der Waals surface area contributed by atoms with E-state index >= 15 is 0 Å². The van der Waals surface area contributed by atoms with E-state index in [9.17, 15) is 0 Å². The van der Waals surface area contributed by atoms with Crippen LogP contribution in [0.3, 0.4) is 0 Å². The Kier molecular flexibility index (Phi) is 4.09. The number of hydrogen-bond donors (Lipinski definition) is 0. The maximum Gasteiger partial charge on any atom is 0.139 e. The summed E-state index contributed by atoms with van der Waals surface area (Å²) in [6.45, 7) is 18.3. The van der Waals surface area contributed by atoms with Gasteiger partial charge in [0.2, 0.25) is 0 Å². The molecule has 0 aliphatic heterocycles. The summed E-state index contributed by atoms with van der Waals surface area (Å²) in [5.74, 6) is 0. The molecule has 3 aromatic carbocycles. The summed E-state index contributed by atoms with van der Waals surface area (Å²) in [5, 5.41) is 4.94. The van der Waals surface area contributed by atoms with Gasteiger partial charge in [0.25, 0.3) is 0 Å². The van der Waals surface area contributed by atoms with Crippen LogP contribution < -0.4 is 0 Å². The van der Waals surface area contributed by atoms with Gasteiger partial charge >= 0.3 is 0 Å². The van der Waals surface area contributed by atoms with Gasteiger partial charge in [-0.05, 0) is 27.3 Å². The van der Waals surface area contributed by atoms with Crippen LogP contribution in [0.5, 0.6) is 0 Å². The molecular formula is C32H33NO. The standard InChI is InChI=1S/C32H33NO/c1-30(2,3)22-14-13-20-24-25-21(15-16-23(31(4,5)6)29(25)34-28(22)24)32(7,8)26-19-12-10-9-11-18(19)17-33-27(20)26/h9-17H,1-8H3. The van der Waals surface area contributed by atoms with Crippen molar-refractivity contribution in [3.63, 3.8) is 0 Å². The fraction of sp³-hybridized carbons (Fsp3) is 0.344. The molecule has 1 aliphatic carbocycles. The van der Waals surface area contributed by atoms with Gasteiger partial charge in [-0.3, -0.25) is 4.98 Å². The highest BCUT2D eigenvalue weighted by atomic mass is 16.3. The Hall–Kier alpha value is -3.13. The zero-order valence-electron chi connectivity index (χ0n) is 21.6.